The lowest BCUT2D eigenvalue weighted by Gasteiger charge is -1.97. The molecule has 0 aliphatic rings. The highest BCUT2D eigenvalue weighted by Gasteiger charge is 2.17. The fourth-order valence-corrected chi connectivity index (χ4v) is 1.70. The van der Waals surface area contributed by atoms with Crippen molar-refractivity contribution in [2.45, 2.75) is 13.1 Å². The van der Waals surface area contributed by atoms with Crippen molar-refractivity contribution >= 4 is 8.38 Å². The van der Waals surface area contributed by atoms with Crippen LogP contribution in [0.25, 0.3) is 0 Å². The average molecular weight is 186 g/mol. The molecule has 0 aromatic heterocycles. The van der Waals surface area contributed by atoms with Gasteiger partial charge in [-0.15, -0.1) is 0 Å². The molecule has 1 rings (SSSR count). The van der Waals surface area contributed by atoms with Gasteiger partial charge in [-0.25, -0.2) is 0 Å². The molecule has 0 amide bonds. The minimum absolute atomic E-state index is 0.482. The summed E-state index contributed by atoms with van der Waals surface area (Å²) in [6.07, 6.45) is 0.482. The first kappa shape index (κ1) is 9.62. The third-order valence-electron chi connectivity index (χ3n) is 1.59. The zero-order valence-electron chi connectivity index (χ0n) is 7.04. The third kappa shape index (κ3) is 2.88. The Balaban J connectivity index is 2.63. The Kier molecular flexibility index (Phi) is 3.63. The second-order valence-corrected chi connectivity index (χ2v) is 4.07. The van der Waals surface area contributed by atoms with Crippen LogP contribution in [0.4, 0.5) is 0 Å². The fraction of sp³-hybridized carbons (Fsp3) is 0.250. The lowest BCUT2D eigenvalue weighted by atomic mass is 10.2. The Bertz CT molecular complexity index is 255. The third-order valence-corrected chi connectivity index (χ3v) is 2.61. The zero-order chi connectivity index (χ0) is 8.97. The van der Waals surface area contributed by atoms with Crippen LogP contribution in [0.1, 0.15) is 11.1 Å². The van der Waals surface area contributed by atoms with Crippen molar-refractivity contribution in [2.75, 3.05) is 0 Å². The van der Waals surface area contributed by atoms with E-state index >= 15 is 0 Å². The van der Waals surface area contributed by atoms with Gasteiger partial charge in [0.25, 0.3) is 0 Å². The summed E-state index contributed by atoms with van der Waals surface area (Å²) in [5.74, 6) is 3.14. The molecule has 1 aromatic carbocycles. The second-order valence-electron chi connectivity index (χ2n) is 2.68. The lowest BCUT2D eigenvalue weighted by molar-refractivity contribution is -0.638. The van der Waals surface area contributed by atoms with Gasteiger partial charge in [0.15, 0.2) is 0 Å². The maximum Gasteiger partial charge on any atom is 0.379 e. The number of aryl methyl sites for hydroxylation is 1. The fourth-order valence-electron chi connectivity index (χ4n) is 1.04. The molecule has 3 nitrogen and oxygen atoms in total. The number of quaternary nitrogens is 1. The van der Waals surface area contributed by atoms with Crippen molar-refractivity contribution < 1.29 is 15.4 Å². The summed E-state index contributed by atoms with van der Waals surface area (Å²) in [7, 11) is -1.96. The monoisotopic (exact) mass is 186 g/mol. The van der Waals surface area contributed by atoms with E-state index in [1.807, 2.05) is 31.2 Å². The molecule has 12 heavy (non-hydrogen) atoms. The first-order chi connectivity index (χ1) is 5.72. The van der Waals surface area contributed by atoms with Crippen LogP contribution in [-0.2, 0) is 15.7 Å². The Morgan fingerprint density at radius 3 is 2.92 bits per heavy atom. The Morgan fingerprint density at radius 1 is 1.58 bits per heavy atom. The molecule has 0 aliphatic heterocycles. The second kappa shape index (κ2) is 4.53. The van der Waals surface area contributed by atoms with Crippen LogP contribution in [0.15, 0.2) is 24.3 Å². The molecule has 1 atom stereocenters. The number of hydrogen-bond donors (Lipinski definition) is 1. The molecule has 1 aromatic rings. The van der Waals surface area contributed by atoms with Gasteiger partial charge in [0.05, 0.1) is 0 Å². The van der Waals surface area contributed by atoms with Gasteiger partial charge in [-0.2, -0.15) is 5.90 Å². The van der Waals surface area contributed by atoms with Crippen LogP contribution in [0, 0.1) is 6.92 Å². The van der Waals surface area contributed by atoms with Crippen molar-refractivity contribution in [1.82, 2.24) is 0 Å². The Labute approximate surface area is 73.0 Å². The Hall–Kier alpha value is -0.470. The average Bonchev–Trinajstić information content (AvgIpc) is 2.04. The van der Waals surface area contributed by atoms with Crippen molar-refractivity contribution in [2.24, 2.45) is 0 Å². The highest BCUT2D eigenvalue weighted by atomic mass is 31.2. The van der Waals surface area contributed by atoms with Gasteiger partial charge in [0, 0.05) is 0 Å². The zero-order valence-corrected chi connectivity index (χ0v) is 8.04. The summed E-state index contributed by atoms with van der Waals surface area (Å²) >= 11 is 0. The summed E-state index contributed by atoms with van der Waals surface area (Å²) in [5, 5.41) is 0. The lowest BCUT2D eigenvalue weighted by Crippen LogP contribution is -2.46. The van der Waals surface area contributed by atoms with Gasteiger partial charge in [-0.05, 0) is 22.0 Å². The summed E-state index contributed by atoms with van der Waals surface area (Å²) in [4.78, 5) is 11.0. The van der Waals surface area contributed by atoms with E-state index in [1.54, 1.807) is 0 Å². The normalized spacial score (nSPS) is 12.9. The van der Waals surface area contributed by atoms with E-state index in [-0.39, 0.29) is 0 Å². The van der Waals surface area contributed by atoms with Crippen LogP contribution in [0.2, 0.25) is 0 Å². The number of hydrogen-bond acceptors (Lipinski definition) is 1. The first-order valence-corrected chi connectivity index (χ1v) is 5.25. The van der Waals surface area contributed by atoms with Crippen LogP contribution in [-0.4, -0.2) is 0 Å². The van der Waals surface area contributed by atoms with Gasteiger partial charge >= 0.3 is 8.38 Å². The van der Waals surface area contributed by atoms with E-state index in [9.17, 15) is 4.89 Å². The minimum atomic E-state index is -1.96. The van der Waals surface area contributed by atoms with E-state index < -0.39 is 8.38 Å². The van der Waals surface area contributed by atoms with Crippen LogP contribution >= 0.6 is 8.38 Å². The van der Waals surface area contributed by atoms with Crippen molar-refractivity contribution in [3.63, 3.8) is 0 Å². The Morgan fingerprint density at radius 2 is 2.33 bits per heavy atom. The quantitative estimate of drug-likeness (QED) is 0.558. The highest BCUT2D eigenvalue weighted by Crippen LogP contribution is 2.34. The first-order valence-electron chi connectivity index (χ1n) is 3.73. The van der Waals surface area contributed by atoms with E-state index in [4.69, 9.17) is 0 Å². The smallest absolute Gasteiger partial charge is 0.171 e. The molecular weight excluding hydrogens is 173 g/mol. The molecule has 3 N–H and O–H groups in total. The van der Waals surface area contributed by atoms with E-state index in [0.717, 1.165) is 5.56 Å². The predicted octanol–water partition coefficient (Wildman–Crippen LogP) is 1.14. The molecule has 4 heteroatoms. The molecule has 65 valence electrons. The van der Waals surface area contributed by atoms with E-state index in [2.05, 4.69) is 10.5 Å². The number of benzene rings is 1. The highest BCUT2D eigenvalue weighted by molar-refractivity contribution is 7.44. The molecule has 0 spiro atoms. The van der Waals surface area contributed by atoms with Crippen LogP contribution < -0.4 is 5.90 Å². The van der Waals surface area contributed by atoms with Gasteiger partial charge in [0.1, 0.15) is 6.16 Å². The van der Waals surface area contributed by atoms with Crippen molar-refractivity contribution in [1.29, 1.82) is 0 Å². The molecular formula is C8H13NO2P+2. The van der Waals surface area contributed by atoms with E-state index in [1.165, 1.54) is 5.56 Å². The summed E-state index contributed by atoms with van der Waals surface area (Å²) < 4.78 is 4.49. The largest absolute Gasteiger partial charge is 0.379 e. The molecule has 0 saturated carbocycles. The van der Waals surface area contributed by atoms with Crippen molar-refractivity contribution in [3.8, 4) is 0 Å². The summed E-state index contributed by atoms with van der Waals surface area (Å²) in [6.45, 7) is 2.01. The van der Waals surface area contributed by atoms with Gasteiger partial charge in [-0.1, -0.05) is 29.8 Å². The molecule has 0 heterocycles. The minimum Gasteiger partial charge on any atom is -0.171 e. The molecule has 1 unspecified atom stereocenters. The van der Waals surface area contributed by atoms with Crippen LogP contribution in [0.5, 0.6) is 0 Å². The summed E-state index contributed by atoms with van der Waals surface area (Å²) in [5.41, 5.74) is 2.22. The van der Waals surface area contributed by atoms with Crippen molar-refractivity contribution in [3.05, 3.63) is 35.4 Å². The SMILES string of the molecule is Cc1cccc(C[PH+]([O])O[NH3+])c1. The van der Waals surface area contributed by atoms with Gasteiger partial charge < -0.3 is 0 Å². The van der Waals surface area contributed by atoms with E-state index in [0.29, 0.717) is 6.16 Å². The van der Waals surface area contributed by atoms with Crippen LogP contribution in [0.3, 0.4) is 0 Å². The van der Waals surface area contributed by atoms with Gasteiger partial charge in [0.2, 0.25) is 0 Å². The molecule has 1 radical (unpaired) electrons. The van der Waals surface area contributed by atoms with Gasteiger partial charge in [-0.3, -0.25) is 0 Å². The molecule has 0 aliphatic carbocycles. The molecule has 0 fully saturated rings. The summed E-state index contributed by atoms with van der Waals surface area (Å²) in [6, 6.07) is 7.89. The molecule has 0 saturated heterocycles. The predicted molar refractivity (Wildman–Crippen MR) is 47.9 cm³/mol. The topological polar surface area (TPSA) is 56.8 Å². The number of rotatable bonds is 3. The maximum absolute atomic E-state index is 11.0. The molecule has 0 bridgehead atoms. The maximum atomic E-state index is 11.0. The standard InChI is InChI=1S/C8H13NO2P/c1-7-3-2-4-8(5-7)6-12(10)11-9/h2-5,12H,6H2,1,9H3/q+2.